The van der Waals surface area contributed by atoms with Crippen LogP contribution in [0.1, 0.15) is 71.6 Å². The van der Waals surface area contributed by atoms with E-state index in [4.69, 9.17) is 4.74 Å². The van der Waals surface area contributed by atoms with E-state index in [1.807, 2.05) is 29.1 Å². The van der Waals surface area contributed by atoms with Gasteiger partial charge < -0.3 is 14.4 Å². The van der Waals surface area contributed by atoms with Crippen LogP contribution in [0.15, 0.2) is 24.5 Å². The van der Waals surface area contributed by atoms with Gasteiger partial charge in [0.05, 0.1) is 18.8 Å². The lowest BCUT2D eigenvalue weighted by molar-refractivity contribution is -0.164. The summed E-state index contributed by atoms with van der Waals surface area (Å²) < 4.78 is 7.40. The third kappa shape index (κ3) is 3.44. The Kier molecular flexibility index (Phi) is 5.41. The lowest BCUT2D eigenvalue weighted by Gasteiger charge is -2.62. The third-order valence-corrected chi connectivity index (χ3v) is 10.6. The van der Waals surface area contributed by atoms with Gasteiger partial charge in [0.1, 0.15) is 0 Å². The summed E-state index contributed by atoms with van der Waals surface area (Å²) in [6.07, 6.45) is 14.2. The lowest BCUT2D eigenvalue weighted by atomic mass is 9.44. The molecule has 0 aliphatic heterocycles. The maximum absolute atomic E-state index is 13.3. The molecule has 4 fully saturated rings. The molecule has 31 heavy (non-hydrogen) atoms. The lowest BCUT2D eigenvalue weighted by Crippen LogP contribution is -2.56. The summed E-state index contributed by atoms with van der Waals surface area (Å²) in [6.45, 7) is 5.99. The Morgan fingerprint density at radius 2 is 1.74 bits per heavy atom. The SMILES string of the molecule is COC[C@@]1(O)CC[C@@]2(C)[C@@H](CC[C@@H]3[C@@H]2CC[C@]2(C)[C@@H](C(=O)Cn4cccc4)CC[C@@H]32)C1. The maximum Gasteiger partial charge on any atom is 0.156 e. The molecule has 0 bridgehead atoms. The molecule has 4 aliphatic carbocycles. The number of ketones is 1. The molecule has 0 spiro atoms. The monoisotopic (exact) mass is 427 g/mol. The summed E-state index contributed by atoms with van der Waals surface area (Å²) in [5.41, 5.74) is -0.101. The molecule has 4 heteroatoms. The minimum Gasteiger partial charge on any atom is -0.387 e. The van der Waals surface area contributed by atoms with Gasteiger partial charge in [-0.25, -0.2) is 0 Å². The first-order valence-corrected chi connectivity index (χ1v) is 12.6. The quantitative estimate of drug-likeness (QED) is 0.712. The van der Waals surface area contributed by atoms with Crippen molar-refractivity contribution in [3.05, 3.63) is 24.5 Å². The largest absolute Gasteiger partial charge is 0.387 e. The Labute approximate surface area is 187 Å². The molecular weight excluding hydrogens is 386 g/mol. The molecule has 8 atom stereocenters. The van der Waals surface area contributed by atoms with Crippen molar-refractivity contribution < 1.29 is 14.6 Å². The topological polar surface area (TPSA) is 51.5 Å². The molecule has 172 valence electrons. The van der Waals surface area contributed by atoms with Gasteiger partial charge in [0, 0.05) is 25.4 Å². The molecule has 1 N–H and O–H groups in total. The molecule has 1 aromatic heterocycles. The van der Waals surface area contributed by atoms with Gasteiger partial charge in [0.25, 0.3) is 0 Å². The second kappa shape index (κ2) is 7.73. The van der Waals surface area contributed by atoms with Crippen molar-refractivity contribution >= 4 is 5.78 Å². The number of carbonyl (C=O) groups is 1. The highest BCUT2D eigenvalue weighted by Crippen LogP contribution is 2.68. The third-order valence-electron chi connectivity index (χ3n) is 10.6. The zero-order valence-corrected chi connectivity index (χ0v) is 19.7. The maximum atomic E-state index is 13.3. The van der Waals surface area contributed by atoms with Crippen LogP contribution in [0.5, 0.6) is 0 Å². The van der Waals surface area contributed by atoms with Crippen LogP contribution >= 0.6 is 0 Å². The molecule has 5 rings (SSSR count). The molecule has 0 radical (unpaired) electrons. The predicted molar refractivity (Wildman–Crippen MR) is 121 cm³/mol. The molecule has 4 aliphatic rings. The average molecular weight is 428 g/mol. The van der Waals surface area contributed by atoms with Crippen molar-refractivity contribution in [2.45, 2.75) is 83.8 Å². The van der Waals surface area contributed by atoms with E-state index in [0.717, 1.165) is 37.5 Å². The number of hydrogen-bond donors (Lipinski definition) is 1. The van der Waals surface area contributed by atoms with E-state index >= 15 is 0 Å². The number of nitrogens with zero attached hydrogens (tertiary/aromatic N) is 1. The Balaban J connectivity index is 1.33. The van der Waals surface area contributed by atoms with Crippen LogP contribution < -0.4 is 0 Å². The first kappa shape index (κ1) is 21.7. The summed E-state index contributed by atoms with van der Waals surface area (Å²) in [6, 6.07) is 4.02. The van der Waals surface area contributed by atoms with E-state index in [1.165, 1.54) is 32.1 Å². The molecule has 0 unspecified atom stereocenters. The Morgan fingerprint density at radius 1 is 1.00 bits per heavy atom. The molecule has 0 amide bonds. The van der Waals surface area contributed by atoms with Crippen LogP contribution in [0.3, 0.4) is 0 Å². The van der Waals surface area contributed by atoms with E-state index in [2.05, 4.69) is 13.8 Å². The van der Waals surface area contributed by atoms with Gasteiger partial charge in [-0.2, -0.15) is 0 Å². The number of hydrogen-bond acceptors (Lipinski definition) is 3. The van der Waals surface area contributed by atoms with Gasteiger partial charge in [0.15, 0.2) is 5.78 Å². The fourth-order valence-corrected chi connectivity index (χ4v) is 9.02. The number of rotatable bonds is 5. The molecular formula is C27H41NO3. The number of carbonyl (C=O) groups excluding carboxylic acids is 1. The Hall–Kier alpha value is -1.13. The van der Waals surface area contributed by atoms with Gasteiger partial charge in [-0.1, -0.05) is 13.8 Å². The molecule has 1 aromatic rings. The van der Waals surface area contributed by atoms with Crippen molar-refractivity contribution in [3.63, 3.8) is 0 Å². The zero-order chi connectivity index (χ0) is 21.9. The van der Waals surface area contributed by atoms with Crippen molar-refractivity contribution in [1.82, 2.24) is 4.57 Å². The van der Waals surface area contributed by atoms with E-state index in [9.17, 15) is 9.90 Å². The van der Waals surface area contributed by atoms with E-state index < -0.39 is 5.60 Å². The number of methoxy groups -OCH3 is 1. The highest BCUT2D eigenvalue weighted by molar-refractivity contribution is 5.82. The van der Waals surface area contributed by atoms with E-state index in [0.29, 0.717) is 36.2 Å². The normalized spacial score (nSPS) is 46.8. The zero-order valence-electron chi connectivity index (χ0n) is 19.7. The summed E-state index contributed by atoms with van der Waals surface area (Å²) in [4.78, 5) is 13.3. The molecule has 0 aromatic carbocycles. The Bertz CT molecular complexity index is 805. The van der Waals surface area contributed by atoms with Crippen LogP contribution in [0.4, 0.5) is 0 Å². The number of Topliss-reactive ketones (excluding diaryl/α,β-unsaturated/α-hetero) is 1. The molecule has 1 heterocycles. The number of fused-ring (bicyclic) bond motifs is 5. The highest BCUT2D eigenvalue weighted by Gasteiger charge is 2.62. The number of ether oxygens (including phenoxy) is 1. The van der Waals surface area contributed by atoms with Gasteiger partial charge in [0.2, 0.25) is 0 Å². The van der Waals surface area contributed by atoms with Gasteiger partial charge in [-0.15, -0.1) is 0 Å². The summed E-state index contributed by atoms with van der Waals surface area (Å²) in [5.74, 6) is 3.50. The number of aromatic nitrogens is 1. The first-order chi connectivity index (χ1) is 14.8. The molecule has 4 saturated carbocycles. The van der Waals surface area contributed by atoms with E-state index in [1.54, 1.807) is 7.11 Å². The number of aliphatic hydroxyl groups is 1. The van der Waals surface area contributed by atoms with Gasteiger partial charge >= 0.3 is 0 Å². The van der Waals surface area contributed by atoms with Crippen LogP contribution in [0, 0.1) is 40.4 Å². The summed E-state index contributed by atoms with van der Waals surface area (Å²) in [7, 11) is 1.71. The van der Waals surface area contributed by atoms with Crippen LogP contribution in [0.25, 0.3) is 0 Å². The van der Waals surface area contributed by atoms with Gasteiger partial charge in [-0.05, 0) is 104 Å². The predicted octanol–water partition coefficient (Wildman–Crippen LogP) is 5.09. The van der Waals surface area contributed by atoms with Gasteiger partial charge in [-0.3, -0.25) is 4.79 Å². The molecule has 4 nitrogen and oxygen atoms in total. The minimum atomic E-state index is -0.627. The fraction of sp³-hybridized carbons (Fsp3) is 0.815. The smallest absolute Gasteiger partial charge is 0.156 e. The summed E-state index contributed by atoms with van der Waals surface area (Å²) in [5, 5.41) is 11.0. The van der Waals surface area contributed by atoms with Crippen molar-refractivity contribution in [2.24, 2.45) is 40.4 Å². The second-order valence-corrected chi connectivity index (χ2v) is 12.0. The van der Waals surface area contributed by atoms with Crippen molar-refractivity contribution in [3.8, 4) is 0 Å². The van der Waals surface area contributed by atoms with Crippen LogP contribution in [-0.4, -0.2) is 34.8 Å². The minimum absolute atomic E-state index is 0.181. The molecule has 0 saturated heterocycles. The Morgan fingerprint density at radius 3 is 2.48 bits per heavy atom. The highest BCUT2D eigenvalue weighted by atomic mass is 16.5. The fourth-order valence-electron chi connectivity index (χ4n) is 9.02. The first-order valence-electron chi connectivity index (χ1n) is 12.6. The summed E-state index contributed by atoms with van der Waals surface area (Å²) >= 11 is 0. The standard InChI is InChI=1S/C27H41NO3/c1-25-12-13-27(30,18-31-3)16-19(25)6-7-20-21-8-9-23(26(21,2)11-10-22(20)25)24(29)17-28-14-4-5-15-28/h4-5,14-15,19-23,30H,6-13,16-18H2,1-3H3/t19-,20-,21-,22-,23+,25-,26-,27+/m0/s1. The van der Waals surface area contributed by atoms with Crippen molar-refractivity contribution in [1.29, 1.82) is 0 Å². The van der Waals surface area contributed by atoms with Crippen molar-refractivity contribution in [2.75, 3.05) is 13.7 Å². The van der Waals surface area contributed by atoms with E-state index in [-0.39, 0.29) is 11.3 Å². The van der Waals surface area contributed by atoms with Crippen LogP contribution in [-0.2, 0) is 16.1 Å². The second-order valence-electron chi connectivity index (χ2n) is 12.0. The van der Waals surface area contributed by atoms with Crippen LogP contribution in [0.2, 0.25) is 0 Å². The average Bonchev–Trinajstić information content (AvgIpc) is 3.35.